The van der Waals surface area contributed by atoms with E-state index in [0.717, 1.165) is 11.3 Å². The number of fused-ring (bicyclic) bond motifs is 2. The fourth-order valence-corrected chi connectivity index (χ4v) is 3.37. The molecule has 3 aromatic carbocycles. The molecule has 0 aliphatic rings. The summed E-state index contributed by atoms with van der Waals surface area (Å²) >= 11 is 0. The molecule has 0 atom stereocenters. The number of nitrogens with zero attached hydrogens (tertiary/aromatic N) is 1. The molecular formula is C21H18NO+. The minimum Gasteiger partial charge on any atom is -0.496 e. The van der Waals surface area contributed by atoms with Crippen LogP contribution >= 0.6 is 0 Å². The van der Waals surface area contributed by atoms with Crippen molar-refractivity contribution in [1.29, 1.82) is 0 Å². The van der Waals surface area contributed by atoms with Gasteiger partial charge < -0.3 is 4.74 Å². The minimum atomic E-state index is 0.900. The molecule has 0 fully saturated rings. The van der Waals surface area contributed by atoms with Gasteiger partial charge in [-0.25, -0.2) is 0 Å². The monoisotopic (exact) mass is 300 g/mol. The van der Waals surface area contributed by atoms with Gasteiger partial charge in [0.25, 0.3) is 0 Å². The minimum absolute atomic E-state index is 0.900. The maximum absolute atomic E-state index is 5.62. The van der Waals surface area contributed by atoms with Crippen molar-refractivity contribution in [3.8, 4) is 16.9 Å². The van der Waals surface area contributed by atoms with E-state index in [9.17, 15) is 0 Å². The molecule has 23 heavy (non-hydrogen) atoms. The predicted molar refractivity (Wildman–Crippen MR) is 94.6 cm³/mol. The number of para-hydroxylation sites is 3. The fraction of sp³-hybridized carbons (Fsp3) is 0.0952. The van der Waals surface area contributed by atoms with Crippen LogP contribution in [0.5, 0.6) is 5.75 Å². The topological polar surface area (TPSA) is 13.1 Å². The Balaban J connectivity index is 2.26. The van der Waals surface area contributed by atoms with Gasteiger partial charge in [0, 0.05) is 23.3 Å². The van der Waals surface area contributed by atoms with Gasteiger partial charge in [0.1, 0.15) is 12.8 Å². The summed E-state index contributed by atoms with van der Waals surface area (Å²) in [5.41, 5.74) is 4.79. The Bertz CT molecular complexity index is 964. The highest BCUT2D eigenvalue weighted by atomic mass is 16.5. The summed E-state index contributed by atoms with van der Waals surface area (Å²) in [5, 5.41) is 2.47. The average molecular weight is 300 g/mol. The fourth-order valence-electron chi connectivity index (χ4n) is 3.37. The van der Waals surface area contributed by atoms with Crippen LogP contribution in [0.4, 0.5) is 0 Å². The van der Waals surface area contributed by atoms with Crippen LogP contribution in [0, 0.1) is 0 Å². The summed E-state index contributed by atoms with van der Waals surface area (Å²) in [7, 11) is 3.85. The molecule has 0 radical (unpaired) electrons. The van der Waals surface area contributed by atoms with E-state index in [4.69, 9.17) is 4.74 Å². The lowest BCUT2D eigenvalue weighted by molar-refractivity contribution is -0.617. The highest BCUT2D eigenvalue weighted by Gasteiger charge is 2.20. The summed E-state index contributed by atoms with van der Waals surface area (Å²) in [6.07, 6.45) is 0. The Kier molecular flexibility index (Phi) is 3.23. The lowest BCUT2D eigenvalue weighted by atomic mass is 9.95. The molecule has 0 aliphatic carbocycles. The standard InChI is InChI=1S/C21H18NO/c1-22-18-12-6-3-9-15(18)21(16-10-4-7-13-19(16)22)17-11-5-8-14-20(17)23-2/h3-14H,1-2H3/q+1. The smallest absolute Gasteiger partial charge is 0.213 e. The zero-order valence-electron chi connectivity index (χ0n) is 13.3. The molecule has 4 aromatic rings. The number of hydrogen-bond donors (Lipinski definition) is 0. The Morgan fingerprint density at radius 2 is 1.22 bits per heavy atom. The van der Waals surface area contributed by atoms with Crippen molar-refractivity contribution in [3.63, 3.8) is 0 Å². The molecule has 0 amide bonds. The van der Waals surface area contributed by atoms with Gasteiger partial charge in [-0.05, 0) is 18.2 Å². The van der Waals surface area contributed by atoms with Gasteiger partial charge in [-0.3, -0.25) is 0 Å². The second kappa shape index (κ2) is 5.40. The molecule has 0 saturated carbocycles. The number of benzene rings is 3. The van der Waals surface area contributed by atoms with Crippen LogP contribution in [-0.2, 0) is 7.05 Å². The lowest BCUT2D eigenvalue weighted by Crippen LogP contribution is -2.30. The summed E-state index contributed by atoms with van der Waals surface area (Å²) in [6.45, 7) is 0. The van der Waals surface area contributed by atoms with E-state index < -0.39 is 0 Å². The number of methoxy groups -OCH3 is 1. The second-order valence-corrected chi connectivity index (χ2v) is 5.67. The zero-order valence-corrected chi connectivity index (χ0v) is 13.3. The van der Waals surface area contributed by atoms with Crippen molar-refractivity contribution in [2.24, 2.45) is 7.05 Å². The second-order valence-electron chi connectivity index (χ2n) is 5.67. The van der Waals surface area contributed by atoms with Crippen LogP contribution < -0.4 is 9.30 Å². The van der Waals surface area contributed by atoms with Gasteiger partial charge in [0.05, 0.1) is 17.9 Å². The van der Waals surface area contributed by atoms with Gasteiger partial charge in [0.15, 0.2) is 0 Å². The first kappa shape index (κ1) is 13.8. The number of pyridine rings is 1. The van der Waals surface area contributed by atoms with E-state index in [1.165, 1.54) is 27.4 Å². The van der Waals surface area contributed by atoms with Gasteiger partial charge in [-0.15, -0.1) is 0 Å². The maximum atomic E-state index is 5.62. The molecule has 2 nitrogen and oxygen atoms in total. The van der Waals surface area contributed by atoms with Crippen molar-refractivity contribution in [2.45, 2.75) is 0 Å². The quantitative estimate of drug-likeness (QED) is 0.392. The lowest BCUT2D eigenvalue weighted by Gasteiger charge is -2.13. The first-order valence-corrected chi connectivity index (χ1v) is 7.74. The molecule has 1 heterocycles. The van der Waals surface area contributed by atoms with Crippen molar-refractivity contribution >= 4 is 21.8 Å². The third kappa shape index (κ3) is 2.07. The Morgan fingerprint density at radius 3 is 1.83 bits per heavy atom. The van der Waals surface area contributed by atoms with Crippen LogP contribution in [-0.4, -0.2) is 7.11 Å². The summed E-state index contributed by atoms with van der Waals surface area (Å²) in [4.78, 5) is 0. The number of rotatable bonds is 2. The highest BCUT2D eigenvalue weighted by molar-refractivity contribution is 6.08. The Morgan fingerprint density at radius 1 is 0.696 bits per heavy atom. The number of aryl methyl sites for hydroxylation is 1. The van der Waals surface area contributed by atoms with Crippen molar-refractivity contribution in [3.05, 3.63) is 72.8 Å². The van der Waals surface area contributed by atoms with E-state index >= 15 is 0 Å². The van der Waals surface area contributed by atoms with Gasteiger partial charge in [0.2, 0.25) is 11.0 Å². The van der Waals surface area contributed by atoms with Crippen LogP contribution in [0.1, 0.15) is 0 Å². The molecule has 0 bridgehead atoms. The van der Waals surface area contributed by atoms with E-state index in [-0.39, 0.29) is 0 Å². The highest BCUT2D eigenvalue weighted by Crippen LogP contribution is 2.38. The van der Waals surface area contributed by atoms with Crippen LogP contribution in [0.3, 0.4) is 0 Å². The molecule has 4 rings (SSSR count). The van der Waals surface area contributed by atoms with E-state index in [2.05, 4.69) is 72.3 Å². The zero-order chi connectivity index (χ0) is 15.8. The first-order valence-electron chi connectivity index (χ1n) is 7.74. The number of aromatic nitrogens is 1. The van der Waals surface area contributed by atoms with E-state index in [1.54, 1.807) is 7.11 Å². The molecule has 0 N–H and O–H groups in total. The van der Waals surface area contributed by atoms with Gasteiger partial charge >= 0.3 is 0 Å². The summed E-state index contributed by atoms with van der Waals surface area (Å²) < 4.78 is 7.87. The predicted octanol–water partition coefficient (Wildman–Crippen LogP) is 4.49. The van der Waals surface area contributed by atoms with E-state index in [0.29, 0.717) is 0 Å². The SMILES string of the molecule is COc1ccccc1-c1c2ccccc2[n+](C)c2ccccc12. The number of ether oxygens (including phenoxy) is 1. The largest absolute Gasteiger partial charge is 0.496 e. The van der Waals surface area contributed by atoms with Gasteiger partial charge in [-0.2, -0.15) is 4.57 Å². The van der Waals surface area contributed by atoms with Crippen LogP contribution in [0.25, 0.3) is 32.9 Å². The summed E-state index contributed by atoms with van der Waals surface area (Å²) in [6, 6.07) is 25.3. The third-order valence-corrected chi connectivity index (χ3v) is 4.45. The molecule has 0 spiro atoms. The van der Waals surface area contributed by atoms with E-state index in [1.807, 2.05) is 12.1 Å². The van der Waals surface area contributed by atoms with Crippen LogP contribution in [0.15, 0.2) is 72.8 Å². The molecule has 0 aliphatic heterocycles. The van der Waals surface area contributed by atoms with Crippen molar-refractivity contribution < 1.29 is 9.30 Å². The first-order chi connectivity index (χ1) is 11.3. The van der Waals surface area contributed by atoms with Crippen molar-refractivity contribution in [2.75, 3.05) is 7.11 Å². The normalized spacial score (nSPS) is 11.0. The maximum Gasteiger partial charge on any atom is 0.213 e. The van der Waals surface area contributed by atoms with Crippen molar-refractivity contribution in [1.82, 2.24) is 0 Å². The third-order valence-electron chi connectivity index (χ3n) is 4.45. The Hall–Kier alpha value is -2.87. The van der Waals surface area contributed by atoms with Gasteiger partial charge in [-0.1, -0.05) is 42.5 Å². The van der Waals surface area contributed by atoms with Crippen LogP contribution in [0.2, 0.25) is 0 Å². The molecule has 112 valence electrons. The Labute approximate surface area is 135 Å². The molecule has 0 unspecified atom stereocenters. The molecule has 1 aromatic heterocycles. The summed E-state index contributed by atoms with van der Waals surface area (Å²) in [5.74, 6) is 0.900. The molecule has 2 heteroatoms. The average Bonchev–Trinajstić information content (AvgIpc) is 2.62. The molecule has 0 saturated heterocycles. The molecular weight excluding hydrogens is 282 g/mol. The number of hydrogen-bond acceptors (Lipinski definition) is 1.